The van der Waals surface area contributed by atoms with Crippen molar-refractivity contribution in [2.75, 3.05) is 32.7 Å². The minimum atomic E-state index is -4.71. The van der Waals surface area contributed by atoms with Gasteiger partial charge in [-0.2, -0.15) is 13.2 Å². The average Bonchev–Trinajstić information content (AvgIpc) is 3.18. The third-order valence-electron chi connectivity index (χ3n) is 6.49. The van der Waals surface area contributed by atoms with Crippen molar-refractivity contribution in [2.24, 2.45) is 11.3 Å². The highest BCUT2D eigenvalue weighted by molar-refractivity contribution is 5.94. The van der Waals surface area contributed by atoms with Crippen LogP contribution in [0.1, 0.15) is 62.4 Å². The summed E-state index contributed by atoms with van der Waals surface area (Å²) >= 11 is 0. The SMILES string of the molecule is CC(C)(C)C(=O)N1CCC[C@H]1CN1CCC(CNC(=O)c2cc(F)cc(C(F)(F)F)c2)CC1. The number of carbonyl (C=O) groups is 2. The maximum absolute atomic E-state index is 13.6. The fourth-order valence-corrected chi connectivity index (χ4v) is 4.62. The summed E-state index contributed by atoms with van der Waals surface area (Å²) in [6, 6.07) is 2.10. The Labute approximate surface area is 192 Å². The van der Waals surface area contributed by atoms with E-state index in [4.69, 9.17) is 0 Å². The number of nitrogens with one attached hydrogen (secondary N) is 1. The lowest BCUT2D eigenvalue weighted by atomic mass is 9.94. The van der Waals surface area contributed by atoms with Gasteiger partial charge in [0.05, 0.1) is 5.56 Å². The summed E-state index contributed by atoms with van der Waals surface area (Å²) in [7, 11) is 0. The molecular weight excluding hydrogens is 438 g/mol. The number of alkyl halides is 3. The predicted octanol–water partition coefficient (Wildman–Crippen LogP) is 4.32. The van der Waals surface area contributed by atoms with Gasteiger partial charge in [0.15, 0.2) is 0 Å². The second kappa shape index (κ2) is 9.99. The van der Waals surface area contributed by atoms with Gasteiger partial charge < -0.3 is 15.1 Å². The standard InChI is InChI=1S/C24H33F4N3O2/c1-23(2,3)22(33)31-8-4-5-20(31)15-30-9-6-16(7-10-30)14-29-21(32)17-11-18(24(26,27)28)13-19(25)12-17/h11-13,16,20H,4-10,14-15H2,1-3H3,(H,29,32)/t20-/m0/s1. The smallest absolute Gasteiger partial charge is 0.352 e. The van der Waals surface area contributed by atoms with Crippen molar-refractivity contribution in [3.63, 3.8) is 0 Å². The molecule has 0 saturated carbocycles. The number of amides is 2. The zero-order valence-electron chi connectivity index (χ0n) is 19.5. The molecule has 2 heterocycles. The van der Waals surface area contributed by atoms with Gasteiger partial charge in [-0.25, -0.2) is 4.39 Å². The van der Waals surface area contributed by atoms with E-state index in [0.29, 0.717) is 18.7 Å². The minimum Gasteiger partial charge on any atom is -0.352 e. The van der Waals surface area contributed by atoms with Gasteiger partial charge in [0.25, 0.3) is 5.91 Å². The molecule has 5 nitrogen and oxygen atoms in total. The first kappa shape index (κ1) is 25.5. The Morgan fingerprint density at radius 3 is 2.30 bits per heavy atom. The molecule has 184 valence electrons. The molecule has 9 heteroatoms. The molecule has 3 rings (SSSR count). The minimum absolute atomic E-state index is 0.189. The van der Waals surface area contributed by atoms with Crippen LogP contribution in [0.4, 0.5) is 17.6 Å². The normalized spacial score (nSPS) is 20.8. The molecule has 1 atom stereocenters. The van der Waals surface area contributed by atoms with Crippen LogP contribution < -0.4 is 5.32 Å². The van der Waals surface area contributed by atoms with Crippen molar-refractivity contribution in [3.05, 3.63) is 35.1 Å². The number of piperidine rings is 1. The number of benzene rings is 1. The Hall–Kier alpha value is -2.16. The van der Waals surface area contributed by atoms with E-state index in [1.165, 1.54) is 0 Å². The van der Waals surface area contributed by atoms with Crippen LogP contribution in [0.15, 0.2) is 18.2 Å². The van der Waals surface area contributed by atoms with E-state index in [0.717, 1.165) is 57.9 Å². The van der Waals surface area contributed by atoms with E-state index in [9.17, 15) is 27.2 Å². The molecule has 1 aromatic rings. The van der Waals surface area contributed by atoms with Gasteiger partial charge in [0, 0.05) is 36.7 Å². The van der Waals surface area contributed by atoms with E-state index in [1.807, 2.05) is 25.7 Å². The van der Waals surface area contributed by atoms with E-state index in [-0.39, 0.29) is 23.4 Å². The van der Waals surface area contributed by atoms with Gasteiger partial charge in [-0.3, -0.25) is 9.59 Å². The quantitative estimate of drug-likeness (QED) is 0.651. The number of likely N-dealkylation sites (tertiary alicyclic amines) is 2. The maximum Gasteiger partial charge on any atom is 0.416 e. The number of carbonyl (C=O) groups excluding carboxylic acids is 2. The van der Waals surface area contributed by atoms with Crippen LogP contribution in [-0.2, 0) is 11.0 Å². The fourth-order valence-electron chi connectivity index (χ4n) is 4.62. The molecule has 0 radical (unpaired) electrons. The van der Waals surface area contributed by atoms with E-state index in [1.54, 1.807) is 0 Å². The van der Waals surface area contributed by atoms with Crippen molar-refractivity contribution in [2.45, 2.75) is 58.7 Å². The summed E-state index contributed by atoms with van der Waals surface area (Å²) in [5, 5.41) is 2.66. The Bertz CT molecular complexity index is 858. The summed E-state index contributed by atoms with van der Waals surface area (Å²) in [5.41, 5.74) is -1.90. The molecule has 1 aromatic carbocycles. The Morgan fingerprint density at radius 1 is 1.03 bits per heavy atom. The lowest BCUT2D eigenvalue weighted by molar-refractivity contribution is -0.140. The first-order chi connectivity index (χ1) is 15.3. The molecule has 33 heavy (non-hydrogen) atoms. The maximum atomic E-state index is 13.6. The number of hydrogen-bond donors (Lipinski definition) is 1. The second-order valence-corrected chi connectivity index (χ2v) is 10.2. The largest absolute Gasteiger partial charge is 0.416 e. The topological polar surface area (TPSA) is 52.7 Å². The Kier molecular flexibility index (Phi) is 7.71. The molecule has 0 spiro atoms. The first-order valence-electron chi connectivity index (χ1n) is 11.5. The highest BCUT2D eigenvalue weighted by Gasteiger charge is 2.36. The van der Waals surface area contributed by atoms with E-state index in [2.05, 4.69) is 10.2 Å². The average molecular weight is 472 g/mol. The summed E-state index contributed by atoms with van der Waals surface area (Å²) in [5.74, 6) is -1.40. The molecule has 1 N–H and O–H groups in total. The molecule has 0 unspecified atom stereocenters. The number of hydrogen-bond acceptors (Lipinski definition) is 3. The van der Waals surface area contributed by atoms with Crippen LogP contribution in [0, 0.1) is 17.2 Å². The Balaban J connectivity index is 1.47. The summed E-state index contributed by atoms with van der Waals surface area (Å²) < 4.78 is 52.2. The third kappa shape index (κ3) is 6.68. The molecular formula is C24H33F4N3O2. The van der Waals surface area contributed by atoms with Gasteiger partial charge in [0.1, 0.15) is 5.82 Å². The van der Waals surface area contributed by atoms with E-state index >= 15 is 0 Å². The molecule has 0 aromatic heterocycles. The number of rotatable bonds is 5. The summed E-state index contributed by atoms with van der Waals surface area (Å²) in [6.45, 7) is 9.49. The van der Waals surface area contributed by atoms with Crippen molar-refractivity contribution >= 4 is 11.8 Å². The van der Waals surface area contributed by atoms with E-state index < -0.39 is 28.9 Å². The predicted molar refractivity (Wildman–Crippen MR) is 117 cm³/mol. The molecule has 2 fully saturated rings. The third-order valence-corrected chi connectivity index (χ3v) is 6.49. The molecule has 2 aliphatic rings. The van der Waals surface area contributed by atoms with Crippen LogP contribution in [0.25, 0.3) is 0 Å². The number of halogens is 4. The lowest BCUT2D eigenvalue weighted by Crippen LogP contribution is -2.49. The zero-order valence-corrected chi connectivity index (χ0v) is 19.5. The van der Waals surface area contributed by atoms with Crippen LogP contribution in [-0.4, -0.2) is 60.4 Å². The van der Waals surface area contributed by atoms with Crippen molar-refractivity contribution in [1.82, 2.24) is 15.1 Å². The summed E-state index contributed by atoms with van der Waals surface area (Å²) in [4.78, 5) is 29.4. The van der Waals surface area contributed by atoms with Crippen LogP contribution in [0.2, 0.25) is 0 Å². The molecule has 0 aliphatic carbocycles. The van der Waals surface area contributed by atoms with Crippen LogP contribution >= 0.6 is 0 Å². The highest BCUT2D eigenvalue weighted by Crippen LogP contribution is 2.31. The van der Waals surface area contributed by atoms with Gasteiger partial charge in [0.2, 0.25) is 5.91 Å². The van der Waals surface area contributed by atoms with Crippen LogP contribution in [0.5, 0.6) is 0 Å². The van der Waals surface area contributed by atoms with Gasteiger partial charge in [-0.15, -0.1) is 0 Å². The van der Waals surface area contributed by atoms with Crippen molar-refractivity contribution < 1.29 is 27.2 Å². The second-order valence-electron chi connectivity index (χ2n) is 10.2. The molecule has 0 bridgehead atoms. The molecule has 2 amide bonds. The van der Waals surface area contributed by atoms with Crippen molar-refractivity contribution in [3.8, 4) is 0 Å². The zero-order chi connectivity index (χ0) is 24.4. The molecule has 2 saturated heterocycles. The highest BCUT2D eigenvalue weighted by atomic mass is 19.4. The fraction of sp³-hybridized carbons (Fsp3) is 0.667. The van der Waals surface area contributed by atoms with Gasteiger partial charge in [-0.1, -0.05) is 20.8 Å². The van der Waals surface area contributed by atoms with Gasteiger partial charge in [-0.05, 0) is 62.9 Å². The molecule has 2 aliphatic heterocycles. The first-order valence-corrected chi connectivity index (χ1v) is 11.5. The lowest BCUT2D eigenvalue weighted by Gasteiger charge is -2.37. The Morgan fingerprint density at radius 2 is 1.70 bits per heavy atom. The van der Waals surface area contributed by atoms with Gasteiger partial charge >= 0.3 is 6.18 Å². The summed E-state index contributed by atoms with van der Waals surface area (Å²) in [6.07, 6.45) is -0.999. The van der Waals surface area contributed by atoms with Crippen molar-refractivity contribution in [1.29, 1.82) is 0 Å². The number of nitrogens with zero attached hydrogens (tertiary/aromatic N) is 2. The monoisotopic (exact) mass is 471 g/mol. The van der Waals surface area contributed by atoms with Crippen LogP contribution in [0.3, 0.4) is 0 Å².